The average Bonchev–Trinajstić information content (AvgIpc) is 2.78. The van der Waals surface area contributed by atoms with Gasteiger partial charge in [-0.2, -0.15) is 0 Å². The zero-order chi connectivity index (χ0) is 21.2. The lowest BCUT2D eigenvalue weighted by atomic mass is 10.1. The highest BCUT2D eigenvalue weighted by molar-refractivity contribution is 5.72. The first-order valence-electron chi connectivity index (χ1n) is 10.00. The van der Waals surface area contributed by atoms with Gasteiger partial charge in [-0.3, -0.25) is 0 Å². The minimum Gasteiger partial charge on any atom is -0.490 e. The van der Waals surface area contributed by atoms with Gasteiger partial charge < -0.3 is 19.3 Å². The maximum Gasteiger partial charge on any atom is 0.333 e. The molecule has 0 fully saturated rings. The van der Waals surface area contributed by atoms with Crippen LogP contribution in [-0.2, 0) is 16.0 Å². The maximum absolute atomic E-state index is 11.2. The van der Waals surface area contributed by atoms with Gasteiger partial charge >= 0.3 is 5.97 Å². The number of hydrogen-bond acceptors (Lipinski definition) is 4. The molecule has 0 aliphatic carbocycles. The van der Waals surface area contributed by atoms with Crippen molar-refractivity contribution in [3.05, 3.63) is 84.4 Å². The van der Waals surface area contributed by atoms with E-state index in [2.05, 4.69) is 18.2 Å². The van der Waals surface area contributed by atoms with Gasteiger partial charge in [0.1, 0.15) is 24.7 Å². The topological polar surface area (TPSA) is 65.0 Å². The van der Waals surface area contributed by atoms with Crippen molar-refractivity contribution in [3.8, 4) is 22.6 Å². The Morgan fingerprint density at radius 2 is 1.50 bits per heavy atom. The summed E-state index contributed by atoms with van der Waals surface area (Å²) in [6.07, 6.45) is -0.508. The summed E-state index contributed by atoms with van der Waals surface area (Å²) in [6.45, 7) is 2.98. The molecule has 0 aliphatic heterocycles. The van der Waals surface area contributed by atoms with Crippen LogP contribution in [0.5, 0.6) is 11.5 Å². The van der Waals surface area contributed by atoms with Gasteiger partial charge in [0.2, 0.25) is 0 Å². The minimum absolute atomic E-state index is 0.324. The Labute approximate surface area is 176 Å². The van der Waals surface area contributed by atoms with Crippen molar-refractivity contribution >= 4 is 5.97 Å². The molecule has 3 aromatic rings. The Morgan fingerprint density at radius 1 is 0.833 bits per heavy atom. The van der Waals surface area contributed by atoms with Crippen LogP contribution in [0.3, 0.4) is 0 Å². The summed E-state index contributed by atoms with van der Waals surface area (Å²) in [5, 5.41) is 9.18. The first kappa shape index (κ1) is 21.4. The molecule has 0 amide bonds. The highest BCUT2D eigenvalue weighted by atomic mass is 16.5. The molecule has 0 aliphatic rings. The average molecular weight is 406 g/mol. The number of rotatable bonds is 11. The van der Waals surface area contributed by atoms with Crippen molar-refractivity contribution in [2.24, 2.45) is 0 Å². The third-order valence-corrected chi connectivity index (χ3v) is 4.55. The third kappa shape index (κ3) is 6.36. The lowest BCUT2D eigenvalue weighted by Crippen LogP contribution is -2.26. The van der Waals surface area contributed by atoms with E-state index in [1.165, 1.54) is 0 Å². The van der Waals surface area contributed by atoms with Crippen molar-refractivity contribution in [2.45, 2.75) is 19.4 Å². The van der Waals surface area contributed by atoms with Gasteiger partial charge in [0.25, 0.3) is 0 Å². The second kappa shape index (κ2) is 11.0. The Bertz CT molecular complexity index is 922. The second-order valence-electron chi connectivity index (χ2n) is 6.72. The Hall–Kier alpha value is -3.31. The van der Waals surface area contributed by atoms with Gasteiger partial charge in [-0.05, 0) is 47.9 Å². The van der Waals surface area contributed by atoms with Gasteiger partial charge in [0, 0.05) is 13.0 Å². The van der Waals surface area contributed by atoms with Gasteiger partial charge in [-0.25, -0.2) is 4.79 Å². The molecule has 0 aromatic heterocycles. The number of carboxylic acids is 1. The molecule has 0 bridgehead atoms. The largest absolute Gasteiger partial charge is 0.490 e. The standard InChI is InChI=1S/C25H26O5/c1-2-28-24(25(26)27)17-19-11-13-22(14-12-19)29-15-16-30-23-10-6-9-21(18-23)20-7-4-3-5-8-20/h3-14,18,24H,2,15-17H2,1H3,(H,26,27). The van der Waals surface area contributed by atoms with Crippen LogP contribution in [0.1, 0.15) is 12.5 Å². The molecule has 1 unspecified atom stereocenters. The summed E-state index contributed by atoms with van der Waals surface area (Å²) >= 11 is 0. The fourth-order valence-corrected chi connectivity index (χ4v) is 3.07. The van der Waals surface area contributed by atoms with Gasteiger partial charge in [0.15, 0.2) is 6.10 Å². The van der Waals surface area contributed by atoms with Crippen molar-refractivity contribution < 1.29 is 24.1 Å². The Morgan fingerprint density at radius 3 is 2.17 bits per heavy atom. The fourth-order valence-electron chi connectivity index (χ4n) is 3.07. The van der Waals surface area contributed by atoms with Crippen LogP contribution in [0.15, 0.2) is 78.9 Å². The summed E-state index contributed by atoms with van der Waals surface area (Å²) in [6, 6.07) is 25.5. The number of hydrogen-bond donors (Lipinski definition) is 1. The summed E-state index contributed by atoms with van der Waals surface area (Å²) in [5.74, 6) is 0.556. The Kier molecular flexibility index (Phi) is 7.86. The van der Waals surface area contributed by atoms with Crippen molar-refractivity contribution in [1.82, 2.24) is 0 Å². The molecule has 1 N–H and O–H groups in total. The van der Waals surface area contributed by atoms with E-state index in [0.717, 1.165) is 22.4 Å². The third-order valence-electron chi connectivity index (χ3n) is 4.55. The molecule has 30 heavy (non-hydrogen) atoms. The van der Waals surface area contributed by atoms with E-state index in [0.29, 0.717) is 32.0 Å². The summed E-state index contributed by atoms with van der Waals surface area (Å²) in [4.78, 5) is 11.2. The molecule has 1 atom stereocenters. The van der Waals surface area contributed by atoms with Crippen molar-refractivity contribution in [3.63, 3.8) is 0 Å². The van der Waals surface area contributed by atoms with Crippen LogP contribution in [-0.4, -0.2) is 37.0 Å². The van der Waals surface area contributed by atoms with Crippen LogP contribution in [0.4, 0.5) is 0 Å². The van der Waals surface area contributed by atoms with Crippen molar-refractivity contribution in [1.29, 1.82) is 0 Å². The van der Waals surface area contributed by atoms with E-state index in [4.69, 9.17) is 14.2 Å². The van der Waals surface area contributed by atoms with Crippen LogP contribution < -0.4 is 9.47 Å². The van der Waals surface area contributed by atoms with E-state index in [-0.39, 0.29) is 0 Å². The zero-order valence-corrected chi connectivity index (χ0v) is 17.0. The van der Waals surface area contributed by atoms with Crippen LogP contribution in [0.25, 0.3) is 11.1 Å². The van der Waals surface area contributed by atoms with E-state index in [1.54, 1.807) is 6.92 Å². The molecular weight excluding hydrogens is 380 g/mol. The second-order valence-corrected chi connectivity index (χ2v) is 6.72. The lowest BCUT2D eigenvalue weighted by Gasteiger charge is -2.13. The summed E-state index contributed by atoms with van der Waals surface area (Å²) < 4.78 is 16.8. The number of carbonyl (C=O) groups is 1. The molecule has 156 valence electrons. The molecule has 5 nitrogen and oxygen atoms in total. The van der Waals surface area contributed by atoms with Crippen molar-refractivity contribution in [2.75, 3.05) is 19.8 Å². The van der Waals surface area contributed by atoms with Gasteiger partial charge in [-0.1, -0.05) is 54.6 Å². The minimum atomic E-state index is -0.953. The highest BCUT2D eigenvalue weighted by Crippen LogP contribution is 2.23. The molecule has 3 rings (SSSR count). The number of benzene rings is 3. The zero-order valence-electron chi connectivity index (χ0n) is 17.0. The fraction of sp³-hybridized carbons (Fsp3) is 0.240. The van der Waals surface area contributed by atoms with Crippen LogP contribution in [0, 0.1) is 0 Å². The summed E-state index contributed by atoms with van der Waals surface area (Å²) in [7, 11) is 0. The number of carboxylic acid groups (broad SMARTS) is 1. The predicted octanol–water partition coefficient (Wildman–Crippen LogP) is 4.84. The maximum atomic E-state index is 11.2. The quantitative estimate of drug-likeness (QED) is 0.462. The molecule has 0 saturated carbocycles. The van der Waals surface area contributed by atoms with E-state index < -0.39 is 12.1 Å². The van der Waals surface area contributed by atoms with Crippen LogP contribution >= 0.6 is 0 Å². The molecule has 0 radical (unpaired) electrons. The summed E-state index contributed by atoms with van der Waals surface area (Å²) in [5.41, 5.74) is 3.14. The predicted molar refractivity (Wildman–Crippen MR) is 116 cm³/mol. The first-order chi connectivity index (χ1) is 14.7. The van der Waals surface area contributed by atoms with E-state index >= 15 is 0 Å². The number of aliphatic carboxylic acids is 1. The van der Waals surface area contributed by atoms with Crippen LogP contribution in [0.2, 0.25) is 0 Å². The molecule has 0 spiro atoms. The van der Waals surface area contributed by atoms with Gasteiger partial charge in [-0.15, -0.1) is 0 Å². The normalized spacial score (nSPS) is 11.6. The molecule has 0 heterocycles. The van der Waals surface area contributed by atoms with E-state index in [9.17, 15) is 9.90 Å². The van der Waals surface area contributed by atoms with E-state index in [1.807, 2.05) is 60.7 Å². The molecule has 3 aromatic carbocycles. The monoisotopic (exact) mass is 406 g/mol. The molecular formula is C25H26O5. The highest BCUT2D eigenvalue weighted by Gasteiger charge is 2.17. The van der Waals surface area contributed by atoms with Gasteiger partial charge in [0.05, 0.1) is 0 Å². The SMILES string of the molecule is CCOC(Cc1ccc(OCCOc2cccc(-c3ccccc3)c2)cc1)C(=O)O. The lowest BCUT2D eigenvalue weighted by molar-refractivity contribution is -0.149. The first-order valence-corrected chi connectivity index (χ1v) is 10.00. The number of ether oxygens (including phenoxy) is 3. The smallest absolute Gasteiger partial charge is 0.333 e. The molecule has 0 saturated heterocycles. The Balaban J connectivity index is 1.46. The molecule has 5 heteroatoms.